The van der Waals surface area contributed by atoms with Gasteiger partial charge in [-0.15, -0.1) is 0 Å². The minimum atomic E-state index is 0.0935. The van der Waals surface area contributed by atoms with E-state index >= 15 is 0 Å². The van der Waals surface area contributed by atoms with E-state index in [2.05, 4.69) is 23.2 Å². The third kappa shape index (κ3) is 6.40. The van der Waals surface area contributed by atoms with Gasteiger partial charge in [-0.1, -0.05) is 25.0 Å². The number of piperidine rings is 1. The quantitative estimate of drug-likeness (QED) is 0.804. The molecule has 0 aliphatic carbocycles. The molecule has 1 aromatic carbocycles. The van der Waals surface area contributed by atoms with Gasteiger partial charge in [0.1, 0.15) is 5.75 Å². The molecule has 2 fully saturated rings. The van der Waals surface area contributed by atoms with Crippen molar-refractivity contribution < 1.29 is 9.53 Å². The molecule has 0 saturated carbocycles. The zero-order chi connectivity index (χ0) is 19.8. The van der Waals surface area contributed by atoms with Crippen molar-refractivity contribution in [3.8, 4) is 5.75 Å². The highest BCUT2D eigenvalue weighted by atomic mass is 16.5. The van der Waals surface area contributed by atoms with Gasteiger partial charge < -0.3 is 19.9 Å². The topological polar surface area (TPSA) is 44.8 Å². The molecule has 1 N–H and O–H groups in total. The molecule has 0 spiro atoms. The van der Waals surface area contributed by atoms with Crippen LogP contribution in [-0.4, -0.2) is 61.7 Å². The van der Waals surface area contributed by atoms with Gasteiger partial charge in [0.15, 0.2) is 0 Å². The molecule has 2 aliphatic rings. The average molecular weight is 388 g/mol. The Labute approximate surface area is 170 Å². The summed E-state index contributed by atoms with van der Waals surface area (Å²) in [5.74, 6) is 1.48. The number of hydrogen-bond acceptors (Lipinski definition) is 3. The van der Waals surface area contributed by atoms with Crippen LogP contribution in [0.2, 0.25) is 0 Å². The lowest BCUT2D eigenvalue weighted by Gasteiger charge is -2.36. The minimum absolute atomic E-state index is 0.0935. The average Bonchev–Trinajstić information content (AvgIpc) is 2.97. The normalized spacial score (nSPS) is 22.4. The number of nitrogens with one attached hydrogen (secondary N) is 1. The van der Waals surface area contributed by atoms with Crippen molar-refractivity contribution in [1.29, 1.82) is 0 Å². The summed E-state index contributed by atoms with van der Waals surface area (Å²) in [6.45, 7) is 7.49. The summed E-state index contributed by atoms with van der Waals surface area (Å²) in [6.07, 6.45) is 8.60. The van der Waals surface area contributed by atoms with E-state index in [1.54, 1.807) is 7.11 Å². The van der Waals surface area contributed by atoms with Crippen molar-refractivity contribution in [1.82, 2.24) is 15.1 Å². The number of benzene rings is 1. The molecule has 2 saturated heterocycles. The monoisotopic (exact) mass is 387 g/mol. The Balaban J connectivity index is 1.46. The fraction of sp³-hybridized carbons (Fsp3) is 0.696. The summed E-state index contributed by atoms with van der Waals surface area (Å²) in [6, 6.07) is 8.28. The number of methoxy groups -OCH3 is 1. The van der Waals surface area contributed by atoms with Crippen molar-refractivity contribution in [2.75, 3.05) is 39.8 Å². The molecule has 1 aromatic rings. The second-order valence-electron chi connectivity index (χ2n) is 8.58. The number of carbonyl (C=O) groups is 1. The van der Waals surface area contributed by atoms with Crippen molar-refractivity contribution in [3.63, 3.8) is 0 Å². The van der Waals surface area contributed by atoms with Gasteiger partial charge in [0.05, 0.1) is 7.11 Å². The number of likely N-dealkylation sites (tertiary alicyclic amines) is 2. The van der Waals surface area contributed by atoms with Gasteiger partial charge in [0, 0.05) is 25.7 Å². The minimum Gasteiger partial charge on any atom is -0.497 e. The van der Waals surface area contributed by atoms with E-state index in [1.807, 2.05) is 23.1 Å². The highest BCUT2D eigenvalue weighted by Crippen LogP contribution is 2.20. The third-order valence-corrected chi connectivity index (χ3v) is 6.07. The van der Waals surface area contributed by atoms with Gasteiger partial charge in [-0.05, 0) is 75.7 Å². The van der Waals surface area contributed by atoms with E-state index in [4.69, 9.17) is 4.74 Å². The maximum atomic E-state index is 12.8. The number of nitrogens with zero attached hydrogens (tertiary/aromatic N) is 2. The smallest absolute Gasteiger partial charge is 0.317 e. The van der Waals surface area contributed by atoms with Crippen molar-refractivity contribution in [3.05, 3.63) is 29.8 Å². The van der Waals surface area contributed by atoms with Crippen LogP contribution in [0.4, 0.5) is 4.79 Å². The predicted molar refractivity (Wildman–Crippen MR) is 114 cm³/mol. The van der Waals surface area contributed by atoms with Crippen LogP contribution in [0.5, 0.6) is 5.75 Å². The Hall–Kier alpha value is -1.75. The zero-order valence-corrected chi connectivity index (χ0v) is 17.7. The molecule has 2 unspecified atom stereocenters. The Morgan fingerprint density at radius 2 is 1.96 bits per heavy atom. The highest BCUT2D eigenvalue weighted by molar-refractivity contribution is 5.74. The molecule has 2 atom stereocenters. The first-order chi connectivity index (χ1) is 13.6. The largest absolute Gasteiger partial charge is 0.497 e. The molecule has 2 amide bonds. The van der Waals surface area contributed by atoms with Crippen molar-refractivity contribution in [2.24, 2.45) is 5.92 Å². The summed E-state index contributed by atoms with van der Waals surface area (Å²) in [4.78, 5) is 17.5. The molecule has 0 aromatic heterocycles. The van der Waals surface area contributed by atoms with Crippen LogP contribution in [0.3, 0.4) is 0 Å². The van der Waals surface area contributed by atoms with Crippen LogP contribution >= 0.6 is 0 Å². The molecule has 2 aliphatic heterocycles. The van der Waals surface area contributed by atoms with Crippen LogP contribution in [0.15, 0.2) is 24.3 Å². The first kappa shape index (κ1) is 21.0. The fourth-order valence-electron chi connectivity index (χ4n) is 4.59. The van der Waals surface area contributed by atoms with Crippen molar-refractivity contribution in [2.45, 2.75) is 57.9 Å². The molecule has 3 rings (SSSR count). The standard InChI is InChI=1S/C23H37N3O2/c1-19(15-20-9-7-11-22(16-20)28-2)24-23(27)26-14-8-10-21(18-26)17-25-12-5-3-4-6-13-25/h7,9,11,16,19,21H,3-6,8,10,12-15,17-18H2,1-2H3,(H,24,27). The summed E-state index contributed by atoms with van der Waals surface area (Å²) in [5.41, 5.74) is 1.19. The van der Waals surface area contributed by atoms with Gasteiger partial charge in [0.2, 0.25) is 0 Å². The lowest BCUT2D eigenvalue weighted by Crippen LogP contribution is -2.50. The molecule has 2 heterocycles. The predicted octanol–water partition coefficient (Wildman–Crippen LogP) is 3.92. The molecule has 156 valence electrons. The second kappa shape index (κ2) is 10.7. The van der Waals surface area contributed by atoms with Crippen LogP contribution in [-0.2, 0) is 6.42 Å². The van der Waals surface area contributed by atoms with E-state index in [-0.39, 0.29) is 12.1 Å². The van der Waals surface area contributed by atoms with E-state index in [1.165, 1.54) is 50.8 Å². The van der Waals surface area contributed by atoms with Crippen LogP contribution in [0.1, 0.15) is 51.0 Å². The molecule has 5 heteroatoms. The molecule has 5 nitrogen and oxygen atoms in total. The number of hydrogen-bond donors (Lipinski definition) is 1. The summed E-state index contributed by atoms with van der Waals surface area (Å²) in [7, 11) is 1.68. The molecular formula is C23H37N3O2. The molecule has 28 heavy (non-hydrogen) atoms. The Morgan fingerprint density at radius 3 is 2.71 bits per heavy atom. The fourth-order valence-corrected chi connectivity index (χ4v) is 4.59. The van der Waals surface area contributed by atoms with Gasteiger partial charge in [-0.3, -0.25) is 0 Å². The summed E-state index contributed by atoms with van der Waals surface area (Å²) >= 11 is 0. The Kier molecular flexibility index (Phi) is 8.01. The molecule has 0 bridgehead atoms. The van der Waals surface area contributed by atoms with Crippen molar-refractivity contribution >= 4 is 6.03 Å². The van der Waals surface area contributed by atoms with E-state index in [0.29, 0.717) is 5.92 Å². The number of amides is 2. The van der Waals surface area contributed by atoms with Gasteiger partial charge in [-0.2, -0.15) is 0 Å². The first-order valence-electron chi connectivity index (χ1n) is 11.0. The highest BCUT2D eigenvalue weighted by Gasteiger charge is 2.26. The third-order valence-electron chi connectivity index (χ3n) is 6.07. The molecular weight excluding hydrogens is 350 g/mol. The Bertz CT molecular complexity index is 614. The van der Waals surface area contributed by atoms with E-state index in [9.17, 15) is 4.79 Å². The van der Waals surface area contributed by atoms with E-state index < -0.39 is 0 Å². The molecule has 0 radical (unpaired) electrons. The van der Waals surface area contributed by atoms with Gasteiger partial charge in [0.25, 0.3) is 0 Å². The van der Waals surface area contributed by atoms with Gasteiger partial charge in [-0.25, -0.2) is 4.79 Å². The Morgan fingerprint density at radius 1 is 1.18 bits per heavy atom. The van der Waals surface area contributed by atoms with Gasteiger partial charge >= 0.3 is 6.03 Å². The van der Waals surface area contributed by atoms with Crippen LogP contribution in [0.25, 0.3) is 0 Å². The maximum absolute atomic E-state index is 12.8. The number of carbonyl (C=O) groups excluding carboxylic acids is 1. The SMILES string of the molecule is COc1cccc(CC(C)NC(=O)N2CCCC(CN3CCCCCC3)C2)c1. The number of urea groups is 1. The summed E-state index contributed by atoms with van der Waals surface area (Å²) in [5, 5.41) is 3.20. The lowest BCUT2D eigenvalue weighted by molar-refractivity contribution is 0.138. The van der Waals surface area contributed by atoms with E-state index in [0.717, 1.165) is 38.2 Å². The number of ether oxygens (including phenoxy) is 1. The maximum Gasteiger partial charge on any atom is 0.317 e. The first-order valence-corrected chi connectivity index (χ1v) is 11.0. The van der Waals surface area contributed by atoms with Crippen LogP contribution in [0, 0.1) is 5.92 Å². The van der Waals surface area contributed by atoms with Crippen LogP contribution < -0.4 is 10.1 Å². The zero-order valence-electron chi connectivity index (χ0n) is 17.7. The number of rotatable bonds is 6. The lowest BCUT2D eigenvalue weighted by atomic mass is 9.97. The summed E-state index contributed by atoms with van der Waals surface area (Å²) < 4.78 is 5.30. The second-order valence-corrected chi connectivity index (χ2v) is 8.58.